The van der Waals surface area contributed by atoms with E-state index < -0.39 is 11.9 Å². The number of thiophene rings is 1. The lowest BCUT2D eigenvalue weighted by molar-refractivity contribution is -0.772. The Labute approximate surface area is 164 Å². The quantitative estimate of drug-likeness (QED) is 0.437. The van der Waals surface area contributed by atoms with E-state index in [1.54, 1.807) is 7.05 Å². The molecule has 1 aliphatic carbocycles. The summed E-state index contributed by atoms with van der Waals surface area (Å²) in [6, 6.07) is 0. The van der Waals surface area contributed by atoms with Crippen LogP contribution in [0.2, 0.25) is 0 Å². The first-order chi connectivity index (χ1) is 12.9. The highest BCUT2D eigenvalue weighted by atomic mass is 32.2. The number of hydrogen-bond donors (Lipinski definition) is 1. The van der Waals surface area contributed by atoms with Gasteiger partial charge in [0, 0.05) is 17.1 Å². The number of fused-ring (bicyclic) bond motifs is 1. The monoisotopic (exact) mass is 411 g/mol. The molecule has 0 bridgehead atoms. The molecule has 0 saturated heterocycles. The first-order valence-corrected chi connectivity index (χ1v) is 10.4. The van der Waals surface area contributed by atoms with E-state index in [9.17, 15) is 14.7 Å². The predicted octanol–water partition coefficient (Wildman–Crippen LogP) is 1.67. The summed E-state index contributed by atoms with van der Waals surface area (Å²) in [5, 5.41) is 18.7. The fourth-order valence-electron chi connectivity index (χ4n) is 3.05. The molecule has 0 fully saturated rings. The molecule has 2 aromatic heterocycles. The van der Waals surface area contributed by atoms with E-state index in [2.05, 4.69) is 22.0 Å². The van der Waals surface area contributed by atoms with Gasteiger partial charge in [-0.2, -0.15) is 0 Å². The maximum Gasteiger partial charge on any atom is 0.341 e. The van der Waals surface area contributed by atoms with Gasteiger partial charge in [0.15, 0.2) is 13.0 Å². The second-order valence-electron chi connectivity index (χ2n) is 6.48. The topological polar surface area (TPSA) is 108 Å². The molecule has 1 aliphatic rings. The molecule has 27 heavy (non-hydrogen) atoms. The van der Waals surface area contributed by atoms with Gasteiger partial charge in [0.05, 0.1) is 17.9 Å². The summed E-state index contributed by atoms with van der Waals surface area (Å²) in [4.78, 5) is 25.8. The highest BCUT2D eigenvalue weighted by Crippen LogP contribution is 2.40. The maximum absolute atomic E-state index is 12.4. The molecule has 0 spiro atoms. The number of esters is 1. The number of ether oxygens (including phenoxy) is 1. The maximum atomic E-state index is 12.4. The average molecular weight is 412 g/mol. The number of aromatic nitrogens is 2. The second-order valence-corrected chi connectivity index (χ2v) is 8.67. The zero-order valence-electron chi connectivity index (χ0n) is 15.4. The van der Waals surface area contributed by atoms with Crippen molar-refractivity contribution in [2.75, 3.05) is 18.2 Å². The van der Waals surface area contributed by atoms with E-state index in [-0.39, 0.29) is 12.3 Å². The van der Waals surface area contributed by atoms with Crippen molar-refractivity contribution in [1.82, 2.24) is 5.27 Å². The average Bonchev–Trinajstić information content (AvgIpc) is 3.14. The molecule has 3 rings (SSSR count). The van der Waals surface area contributed by atoms with Gasteiger partial charge >= 0.3 is 5.97 Å². The van der Waals surface area contributed by atoms with Crippen molar-refractivity contribution in [2.24, 2.45) is 13.0 Å². The summed E-state index contributed by atoms with van der Waals surface area (Å²) < 4.78 is 10.8. The van der Waals surface area contributed by atoms with Crippen LogP contribution in [-0.2, 0) is 29.4 Å². The molecule has 2 heterocycles. The lowest BCUT2D eigenvalue weighted by atomic mass is 9.88. The summed E-state index contributed by atoms with van der Waals surface area (Å²) >= 11 is 2.66. The number of methoxy groups -OCH3 is 1. The van der Waals surface area contributed by atoms with E-state index in [0.29, 0.717) is 27.3 Å². The zero-order chi connectivity index (χ0) is 19.6. The minimum Gasteiger partial charge on any atom is -0.538 e. The van der Waals surface area contributed by atoms with Crippen LogP contribution in [-0.4, -0.2) is 30.0 Å². The van der Waals surface area contributed by atoms with E-state index in [4.69, 9.17) is 4.74 Å². The zero-order valence-corrected chi connectivity index (χ0v) is 17.0. The van der Waals surface area contributed by atoms with Crippen LogP contribution in [0, 0.1) is 5.92 Å². The number of carbonyl (C=O) groups excluding carboxylic acids is 2. The Balaban J connectivity index is 1.67. The smallest absolute Gasteiger partial charge is 0.341 e. The summed E-state index contributed by atoms with van der Waals surface area (Å²) in [5.74, 6) is -0.195. The Morgan fingerprint density at radius 2 is 2.30 bits per heavy atom. The fourth-order valence-corrected chi connectivity index (χ4v) is 5.32. The van der Waals surface area contributed by atoms with Crippen molar-refractivity contribution in [3.63, 3.8) is 0 Å². The number of aryl methyl sites for hydroxylation is 1. The third-order valence-corrected chi connectivity index (χ3v) is 6.72. The van der Waals surface area contributed by atoms with Crippen LogP contribution in [0.1, 0.15) is 40.6 Å². The van der Waals surface area contributed by atoms with Gasteiger partial charge in [0.1, 0.15) is 5.00 Å². The molecule has 10 heteroatoms. The number of thioether (sulfide) groups is 1. The molecule has 146 valence electrons. The van der Waals surface area contributed by atoms with Gasteiger partial charge in [-0.15, -0.1) is 11.3 Å². The molecule has 8 nitrogen and oxygen atoms in total. The van der Waals surface area contributed by atoms with Gasteiger partial charge in [0.25, 0.3) is 5.03 Å². The Morgan fingerprint density at radius 1 is 1.52 bits per heavy atom. The van der Waals surface area contributed by atoms with Crippen molar-refractivity contribution in [2.45, 2.75) is 37.6 Å². The van der Waals surface area contributed by atoms with Crippen LogP contribution in [0.4, 0.5) is 5.00 Å². The van der Waals surface area contributed by atoms with Gasteiger partial charge in [-0.3, -0.25) is 4.79 Å². The number of nitrogens with zero attached hydrogens (tertiary/aromatic N) is 2. The van der Waals surface area contributed by atoms with Crippen LogP contribution in [0.15, 0.2) is 9.55 Å². The summed E-state index contributed by atoms with van der Waals surface area (Å²) in [7, 11) is 2.95. The summed E-state index contributed by atoms with van der Waals surface area (Å²) in [6.45, 7) is 2.19. The number of nitrogens with one attached hydrogen (secondary N) is 1. The molecular formula is C17H21N3O5S2. The Morgan fingerprint density at radius 3 is 2.96 bits per heavy atom. The van der Waals surface area contributed by atoms with Crippen molar-refractivity contribution >= 4 is 40.0 Å². The first-order valence-electron chi connectivity index (χ1n) is 8.59. The first kappa shape index (κ1) is 19.7. The van der Waals surface area contributed by atoms with Crippen molar-refractivity contribution in [3.8, 4) is 5.95 Å². The molecular weight excluding hydrogens is 390 g/mol. The standard InChI is InChI=1S/C17H21N3O5S2/c1-9-4-5-10-11(8-9)27-14(13(10)16(22)24-3)18-12(21)6-7-26-15-17(23)25-19-20(15)2/h9H,4-8H2,1-3H3,(H-,18,19,21,22,23). The highest BCUT2D eigenvalue weighted by molar-refractivity contribution is 7.99. The van der Waals surface area contributed by atoms with E-state index in [1.165, 1.54) is 34.9 Å². The minimum absolute atomic E-state index is 0.189. The van der Waals surface area contributed by atoms with Crippen LogP contribution in [0.5, 0.6) is 5.95 Å². The van der Waals surface area contributed by atoms with Gasteiger partial charge < -0.3 is 19.7 Å². The van der Waals surface area contributed by atoms with Crippen molar-refractivity contribution in [3.05, 3.63) is 16.0 Å². The molecule has 0 saturated carbocycles. The molecule has 0 radical (unpaired) electrons. The summed E-state index contributed by atoms with van der Waals surface area (Å²) in [5.41, 5.74) is 1.49. The normalized spacial score (nSPS) is 16.0. The third-order valence-electron chi connectivity index (χ3n) is 4.44. The van der Waals surface area contributed by atoms with Crippen LogP contribution in [0.3, 0.4) is 0 Å². The van der Waals surface area contributed by atoms with Gasteiger partial charge in [-0.25, -0.2) is 4.79 Å². The number of hydrogen-bond acceptors (Lipinski definition) is 8. The van der Waals surface area contributed by atoms with Crippen molar-refractivity contribution in [1.29, 1.82) is 0 Å². The number of amides is 1. The van der Waals surface area contributed by atoms with Crippen LogP contribution in [0.25, 0.3) is 0 Å². The van der Waals surface area contributed by atoms with Gasteiger partial charge in [0.2, 0.25) is 5.91 Å². The molecule has 1 unspecified atom stereocenters. The third kappa shape index (κ3) is 4.27. The Bertz CT molecular complexity index is 842. The predicted molar refractivity (Wildman–Crippen MR) is 97.9 cm³/mol. The number of anilines is 1. The molecule has 2 aromatic rings. The SMILES string of the molecule is COC(=O)c1c(NC(=O)CCSc2c([O-])on[n+]2C)sc2c1CCC(C)C2. The summed E-state index contributed by atoms with van der Waals surface area (Å²) in [6.07, 6.45) is 2.94. The molecule has 0 aromatic carbocycles. The molecule has 1 atom stereocenters. The Kier molecular flexibility index (Phi) is 6.05. The highest BCUT2D eigenvalue weighted by Gasteiger charge is 2.28. The molecule has 1 amide bonds. The number of rotatable bonds is 6. The van der Waals surface area contributed by atoms with E-state index in [0.717, 1.165) is 29.7 Å². The van der Waals surface area contributed by atoms with Crippen molar-refractivity contribution < 1.29 is 28.6 Å². The lowest BCUT2D eigenvalue weighted by Crippen LogP contribution is -2.32. The van der Waals surface area contributed by atoms with E-state index in [1.807, 2.05) is 0 Å². The van der Waals surface area contributed by atoms with Gasteiger partial charge in [-0.05, 0) is 30.7 Å². The minimum atomic E-state index is -0.518. The van der Waals surface area contributed by atoms with Gasteiger partial charge in [-0.1, -0.05) is 23.4 Å². The number of carbonyl (C=O) groups is 2. The Hall–Kier alpha value is -2.07. The molecule has 1 N–H and O–H groups in total. The second kappa shape index (κ2) is 8.30. The fraction of sp³-hybridized carbons (Fsp3) is 0.529. The van der Waals surface area contributed by atoms with E-state index >= 15 is 0 Å². The van der Waals surface area contributed by atoms with Crippen LogP contribution < -0.4 is 15.1 Å². The lowest BCUT2D eigenvalue weighted by Gasteiger charge is -2.18. The molecule has 0 aliphatic heterocycles. The van der Waals surface area contributed by atoms with Crippen LogP contribution >= 0.6 is 23.1 Å². The largest absolute Gasteiger partial charge is 0.538 e.